The van der Waals surface area contributed by atoms with E-state index in [4.69, 9.17) is 0 Å². The maximum absolute atomic E-state index is 12.6. The molecule has 1 aliphatic heterocycles. The van der Waals surface area contributed by atoms with Gasteiger partial charge in [0, 0.05) is 17.6 Å². The van der Waals surface area contributed by atoms with Gasteiger partial charge in [0.05, 0.1) is 12.6 Å². The summed E-state index contributed by atoms with van der Waals surface area (Å²) < 4.78 is 26.0. The first-order chi connectivity index (χ1) is 5.40. The summed E-state index contributed by atoms with van der Waals surface area (Å²) >= 11 is 3.26. The van der Waals surface area contributed by atoms with Crippen molar-refractivity contribution in [3.05, 3.63) is 10.7 Å². The van der Waals surface area contributed by atoms with Gasteiger partial charge in [-0.25, -0.2) is 13.8 Å². The van der Waals surface area contributed by atoms with Crippen molar-refractivity contribution in [3.63, 3.8) is 0 Å². The summed E-state index contributed by atoms with van der Waals surface area (Å²) in [5.74, 6) is -2.66. The van der Waals surface area contributed by atoms with Crippen molar-refractivity contribution in [2.24, 2.45) is 0 Å². The minimum Gasteiger partial charge on any atom is -0.324 e. The second-order valence-electron chi connectivity index (χ2n) is 3.03. The van der Waals surface area contributed by atoms with Crippen LogP contribution in [0.3, 0.4) is 0 Å². The van der Waals surface area contributed by atoms with Crippen LogP contribution in [-0.4, -0.2) is 23.5 Å². The van der Waals surface area contributed by atoms with Crippen LogP contribution in [0.15, 0.2) is 10.7 Å². The number of nitrogens with one attached hydrogen (secondary N) is 1. The molecule has 0 aromatic rings. The van der Waals surface area contributed by atoms with Gasteiger partial charge in [-0.2, -0.15) is 0 Å². The van der Waals surface area contributed by atoms with Crippen LogP contribution in [0.25, 0.3) is 0 Å². The summed E-state index contributed by atoms with van der Waals surface area (Å²) in [6, 6.07) is -0.0178. The second kappa shape index (κ2) is 3.30. The molecule has 0 fully saturated rings. The predicted octanol–water partition coefficient (Wildman–Crippen LogP) is 2.09. The number of halogens is 3. The number of nitrogens with zero attached hydrogens (tertiary/aromatic N) is 1. The Hall–Kier alpha value is -0.160. The molecule has 0 bridgehead atoms. The highest BCUT2D eigenvalue weighted by Gasteiger charge is 2.30. The standard InChI is InChI=1S/C7H11BrF2N2/c1-5-6(8)3-11-12(5)4-7(2,9)10/h3,5,11H,4H2,1-2H3. The molecule has 1 N–H and O–H groups in total. The SMILES string of the molecule is CC1C(Br)=CNN1CC(C)(F)F. The Morgan fingerprint density at radius 1 is 1.75 bits per heavy atom. The molecule has 1 atom stereocenters. The Bertz CT molecular complexity index is 200. The molecule has 0 aromatic carbocycles. The lowest BCUT2D eigenvalue weighted by Gasteiger charge is -2.25. The highest BCUT2D eigenvalue weighted by Crippen LogP contribution is 2.23. The molecule has 0 saturated heterocycles. The van der Waals surface area contributed by atoms with Gasteiger partial charge in [0.15, 0.2) is 0 Å². The van der Waals surface area contributed by atoms with Crippen molar-refractivity contribution < 1.29 is 8.78 Å². The summed E-state index contributed by atoms with van der Waals surface area (Å²) in [5.41, 5.74) is 2.76. The first-order valence-corrected chi connectivity index (χ1v) is 4.45. The van der Waals surface area contributed by atoms with Crippen LogP contribution in [0.1, 0.15) is 13.8 Å². The van der Waals surface area contributed by atoms with Crippen LogP contribution in [-0.2, 0) is 0 Å². The molecule has 5 heteroatoms. The van der Waals surface area contributed by atoms with Crippen LogP contribution in [0.4, 0.5) is 8.78 Å². The fourth-order valence-corrected chi connectivity index (χ4v) is 1.36. The van der Waals surface area contributed by atoms with Gasteiger partial charge in [-0.1, -0.05) is 15.9 Å². The van der Waals surface area contributed by atoms with Gasteiger partial charge in [-0.3, -0.25) is 0 Å². The summed E-state index contributed by atoms with van der Waals surface area (Å²) in [7, 11) is 0. The minimum absolute atomic E-state index is 0.0178. The molecule has 1 unspecified atom stereocenters. The van der Waals surface area contributed by atoms with Crippen molar-refractivity contribution in [1.82, 2.24) is 10.4 Å². The Morgan fingerprint density at radius 2 is 2.33 bits per heavy atom. The summed E-state index contributed by atoms with van der Waals surface area (Å²) in [6.07, 6.45) is 1.68. The van der Waals surface area contributed by atoms with Crippen LogP contribution in [0.5, 0.6) is 0 Å². The van der Waals surface area contributed by atoms with E-state index in [9.17, 15) is 8.78 Å². The van der Waals surface area contributed by atoms with Gasteiger partial charge in [-0.15, -0.1) is 0 Å². The zero-order chi connectivity index (χ0) is 9.35. The van der Waals surface area contributed by atoms with Gasteiger partial charge in [-0.05, 0) is 6.92 Å². The van der Waals surface area contributed by atoms with Crippen LogP contribution < -0.4 is 5.43 Å². The van der Waals surface area contributed by atoms with Gasteiger partial charge in [0.2, 0.25) is 0 Å². The molecule has 0 saturated carbocycles. The normalized spacial score (nSPS) is 25.4. The van der Waals surface area contributed by atoms with E-state index in [0.717, 1.165) is 11.4 Å². The van der Waals surface area contributed by atoms with E-state index in [2.05, 4.69) is 21.4 Å². The molecule has 70 valence electrons. The topological polar surface area (TPSA) is 15.3 Å². The fourth-order valence-electron chi connectivity index (χ4n) is 1.01. The molecule has 2 nitrogen and oxygen atoms in total. The first kappa shape index (κ1) is 9.92. The quantitative estimate of drug-likeness (QED) is 0.796. The predicted molar refractivity (Wildman–Crippen MR) is 46.9 cm³/mol. The zero-order valence-corrected chi connectivity index (χ0v) is 8.53. The average molecular weight is 241 g/mol. The first-order valence-electron chi connectivity index (χ1n) is 3.66. The third-order valence-electron chi connectivity index (χ3n) is 1.68. The van der Waals surface area contributed by atoms with Crippen molar-refractivity contribution in [2.75, 3.05) is 6.54 Å². The van der Waals surface area contributed by atoms with Crippen molar-refractivity contribution in [3.8, 4) is 0 Å². The highest BCUT2D eigenvalue weighted by molar-refractivity contribution is 9.11. The Morgan fingerprint density at radius 3 is 2.67 bits per heavy atom. The molecule has 0 radical (unpaired) electrons. The Kier molecular flexibility index (Phi) is 2.73. The van der Waals surface area contributed by atoms with E-state index in [1.165, 1.54) is 5.01 Å². The van der Waals surface area contributed by atoms with Crippen molar-refractivity contribution in [2.45, 2.75) is 25.8 Å². The monoisotopic (exact) mass is 240 g/mol. The van der Waals surface area contributed by atoms with Crippen molar-refractivity contribution in [1.29, 1.82) is 0 Å². The lowest BCUT2D eigenvalue weighted by atomic mass is 10.3. The number of hydrazine groups is 1. The lowest BCUT2D eigenvalue weighted by Crippen LogP contribution is -2.43. The third-order valence-corrected chi connectivity index (χ3v) is 2.57. The summed E-state index contributed by atoms with van der Waals surface area (Å²) in [5, 5.41) is 1.49. The van der Waals surface area contributed by atoms with Crippen molar-refractivity contribution >= 4 is 15.9 Å². The van der Waals surface area contributed by atoms with Crippen LogP contribution in [0, 0.1) is 0 Å². The molecule has 0 spiro atoms. The number of rotatable bonds is 2. The van der Waals surface area contributed by atoms with Gasteiger partial charge in [0.25, 0.3) is 5.92 Å². The van der Waals surface area contributed by atoms with E-state index in [1.807, 2.05) is 6.92 Å². The molecule has 0 aromatic heterocycles. The molecular formula is C7H11BrF2N2. The average Bonchev–Trinajstić information content (AvgIpc) is 2.16. The molecular weight excluding hydrogens is 230 g/mol. The van der Waals surface area contributed by atoms with E-state index in [-0.39, 0.29) is 12.6 Å². The van der Waals surface area contributed by atoms with E-state index < -0.39 is 5.92 Å². The maximum atomic E-state index is 12.6. The molecule has 12 heavy (non-hydrogen) atoms. The minimum atomic E-state index is -2.66. The van der Waals surface area contributed by atoms with Crippen LogP contribution in [0.2, 0.25) is 0 Å². The summed E-state index contributed by atoms with van der Waals surface area (Å²) in [6.45, 7) is 2.49. The van der Waals surface area contributed by atoms with Gasteiger partial charge < -0.3 is 5.43 Å². The molecule has 1 aliphatic rings. The third kappa shape index (κ3) is 2.42. The Labute approximate surface area is 78.7 Å². The lowest BCUT2D eigenvalue weighted by molar-refractivity contribution is -0.0268. The second-order valence-corrected chi connectivity index (χ2v) is 3.95. The number of alkyl halides is 2. The fraction of sp³-hybridized carbons (Fsp3) is 0.714. The number of hydrogen-bond donors (Lipinski definition) is 1. The molecule has 0 amide bonds. The largest absolute Gasteiger partial charge is 0.324 e. The summed E-state index contributed by atoms with van der Waals surface area (Å²) in [4.78, 5) is 0. The molecule has 0 aliphatic carbocycles. The Balaban J connectivity index is 2.48. The highest BCUT2D eigenvalue weighted by atomic mass is 79.9. The van der Waals surface area contributed by atoms with E-state index >= 15 is 0 Å². The molecule has 1 heterocycles. The maximum Gasteiger partial charge on any atom is 0.259 e. The smallest absolute Gasteiger partial charge is 0.259 e. The van der Waals surface area contributed by atoms with Crippen LogP contribution >= 0.6 is 15.9 Å². The van der Waals surface area contributed by atoms with Gasteiger partial charge >= 0.3 is 0 Å². The zero-order valence-electron chi connectivity index (χ0n) is 6.94. The van der Waals surface area contributed by atoms with E-state index in [0.29, 0.717) is 0 Å². The van der Waals surface area contributed by atoms with E-state index in [1.54, 1.807) is 6.20 Å². The molecule has 1 rings (SSSR count). The number of hydrogen-bond acceptors (Lipinski definition) is 2. The van der Waals surface area contributed by atoms with Gasteiger partial charge in [0.1, 0.15) is 0 Å².